The topological polar surface area (TPSA) is 64.4 Å². The van der Waals surface area contributed by atoms with E-state index < -0.39 is 5.25 Å². The van der Waals surface area contributed by atoms with Crippen molar-refractivity contribution in [3.8, 4) is 5.75 Å². The number of anilines is 1. The van der Waals surface area contributed by atoms with Crippen LogP contribution in [0.1, 0.15) is 24.5 Å². The lowest BCUT2D eigenvalue weighted by Gasteiger charge is -2.31. The fraction of sp³-hybridized carbons (Fsp3) is 0.250. The number of aryl methyl sites for hydroxylation is 1. The van der Waals surface area contributed by atoms with Crippen LogP contribution in [0.5, 0.6) is 5.75 Å². The van der Waals surface area contributed by atoms with Crippen molar-refractivity contribution in [2.24, 2.45) is 0 Å². The van der Waals surface area contributed by atoms with E-state index >= 15 is 0 Å². The molecule has 4 aromatic rings. The van der Waals surface area contributed by atoms with E-state index in [1.807, 2.05) is 72.5 Å². The Morgan fingerprint density at radius 2 is 1.80 bits per heavy atom. The minimum Gasteiger partial charge on any atom is -0.497 e. The summed E-state index contributed by atoms with van der Waals surface area (Å²) in [5.74, 6) is 0.786. The molecule has 2 heterocycles. The highest BCUT2D eigenvalue weighted by Crippen LogP contribution is 2.31. The Balaban J connectivity index is 1.48. The zero-order valence-electron chi connectivity index (χ0n) is 19.8. The Hall–Kier alpha value is -3.58. The number of nitrogens with zero attached hydrogens (tertiary/aromatic N) is 3. The molecule has 0 aliphatic carbocycles. The minimum absolute atomic E-state index is 0.0283. The van der Waals surface area contributed by atoms with Gasteiger partial charge in [-0.05, 0) is 61.2 Å². The maximum absolute atomic E-state index is 13.5. The number of fused-ring (bicyclic) bond motifs is 2. The summed E-state index contributed by atoms with van der Waals surface area (Å²) >= 11 is 1.34. The fourth-order valence-electron chi connectivity index (χ4n) is 4.48. The molecule has 0 saturated heterocycles. The molecule has 5 rings (SSSR count). The molecule has 1 atom stereocenters. The van der Waals surface area contributed by atoms with Crippen LogP contribution in [0.2, 0.25) is 0 Å². The average Bonchev–Trinajstić information content (AvgIpc) is 2.90. The van der Waals surface area contributed by atoms with Gasteiger partial charge in [-0.1, -0.05) is 54.2 Å². The Bertz CT molecular complexity index is 1430. The van der Waals surface area contributed by atoms with Crippen LogP contribution in [0.4, 0.5) is 5.69 Å². The average molecular weight is 486 g/mol. The van der Waals surface area contributed by atoms with Crippen LogP contribution in [0, 0.1) is 0 Å². The number of para-hydroxylation sites is 2. The number of hydrogen-bond donors (Lipinski definition) is 0. The first-order valence-electron chi connectivity index (χ1n) is 11.7. The molecular weight excluding hydrogens is 458 g/mol. The van der Waals surface area contributed by atoms with Crippen molar-refractivity contribution in [1.29, 1.82) is 0 Å². The summed E-state index contributed by atoms with van der Waals surface area (Å²) in [5.41, 5.74) is 3.66. The predicted molar refractivity (Wildman–Crippen MR) is 141 cm³/mol. The summed E-state index contributed by atoms with van der Waals surface area (Å²) in [5, 5.41) is 0.696. The molecule has 3 aromatic carbocycles. The van der Waals surface area contributed by atoms with Gasteiger partial charge in [0, 0.05) is 12.2 Å². The summed E-state index contributed by atoms with van der Waals surface area (Å²) in [6.07, 6.45) is 1.92. The van der Waals surface area contributed by atoms with Crippen molar-refractivity contribution < 1.29 is 9.53 Å². The maximum Gasteiger partial charge on any atom is 0.262 e. The zero-order valence-corrected chi connectivity index (χ0v) is 20.6. The number of aromatic nitrogens is 2. The third-order valence-electron chi connectivity index (χ3n) is 6.33. The Labute approximate surface area is 208 Å². The summed E-state index contributed by atoms with van der Waals surface area (Å²) in [6, 6.07) is 23.1. The molecule has 1 amide bonds. The number of benzene rings is 3. The van der Waals surface area contributed by atoms with Gasteiger partial charge in [0.15, 0.2) is 5.16 Å². The number of carbonyl (C=O) groups is 1. The summed E-state index contributed by atoms with van der Waals surface area (Å²) in [4.78, 5) is 33.7. The van der Waals surface area contributed by atoms with E-state index in [1.165, 1.54) is 17.3 Å². The third-order valence-corrected chi connectivity index (χ3v) is 7.41. The van der Waals surface area contributed by atoms with Crippen LogP contribution in [0.25, 0.3) is 10.9 Å². The van der Waals surface area contributed by atoms with Gasteiger partial charge in [0.05, 0.1) is 29.8 Å². The zero-order chi connectivity index (χ0) is 24.4. The Morgan fingerprint density at radius 3 is 2.60 bits per heavy atom. The SMILES string of the molecule is COc1ccc(Cn2c(SC(C)C(=O)N3CCCc4ccccc43)nc3ccccc3c2=O)cc1. The molecule has 35 heavy (non-hydrogen) atoms. The van der Waals surface area contributed by atoms with E-state index in [9.17, 15) is 9.59 Å². The lowest BCUT2D eigenvalue weighted by molar-refractivity contribution is -0.117. The van der Waals surface area contributed by atoms with Crippen molar-refractivity contribution in [1.82, 2.24) is 9.55 Å². The molecule has 7 heteroatoms. The number of carbonyl (C=O) groups excluding carboxylic acids is 1. The number of hydrogen-bond acceptors (Lipinski definition) is 5. The minimum atomic E-state index is -0.406. The lowest BCUT2D eigenvalue weighted by atomic mass is 10.0. The van der Waals surface area contributed by atoms with Crippen molar-refractivity contribution in [2.75, 3.05) is 18.6 Å². The first-order valence-corrected chi connectivity index (χ1v) is 12.6. The van der Waals surface area contributed by atoms with Gasteiger partial charge in [-0.2, -0.15) is 0 Å². The molecular formula is C28H27N3O3S. The molecule has 6 nitrogen and oxygen atoms in total. The molecule has 178 valence electrons. The number of thioether (sulfide) groups is 1. The smallest absolute Gasteiger partial charge is 0.262 e. The summed E-state index contributed by atoms with van der Waals surface area (Å²) in [7, 11) is 1.63. The van der Waals surface area contributed by atoms with E-state index in [1.54, 1.807) is 17.7 Å². The van der Waals surface area contributed by atoms with Gasteiger partial charge in [0.25, 0.3) is 5.56 Å². The van der Waals surface area contributed by atoms with Crippen LogP contribution in [0.3, 0.4) is 0 Å². The van der Waals surface area contributed by atoms with Crippen LogP contribution >= 0.6 is 11.8 Å². The number of ether oxygens (including phenoxy) is 1. The van der Waals surface area contributed by atoms with Crippen LogP contribution in [-0.2, 0) is 17.8 Å². The lowest BCUT2D eigenvalue weighted by Crippen LogP contribution is -2.40. The second-order valence-electron chi connectivity index (χ2n) is 8.63. The van der Waals surface area contributed by atoms with Gasteiger partial charge in [-0.25, -0.2) is 4.98 Å². The third kappa shape index (κ3) is 4.68. The molecule has 0 spiro atoms. The van der Waals surface area contributed by atoms with Gasteiger partial charge in [-0.15, -0.1) is 0 Å². The quantitative estimate of drug-likeness (QED) is 0.287. The van der Waals surface area contributed by atoms with E-state index in [4.69, 9.17) is 9.72 Å². The molecule has 0 radical (unpaired) electrons. The van der Waals surface area contributed by atoms with Crippen molar-refractivity contribution in [3.63, 3.8) is 0 Å². The number of rotatable bonds is 6. The van der Waals surface area contributed by atoms with Gasteiger partial charge >= 0.3 is 0 Å². The van der Waals surface area contributed by atoms with E-state index in [-0.39, 0.29) is 11.5 Å². The molecule has 0 N–H and O–H groups in total. The molecule has 1 unspecified atom stereocenters. The molecule has 0 fully saturated rings. The second kappa shape index (κ2) is 9.96. The van der Waals surface area contributed by atoms with Gasteiger partial charge in [-0.3, -0.25) is 14.2 Å². The molecule has 1 aromatic heterocycles. The van der Waals surface area contributed by atoms with Crippen LogP contribution < -0.4 is 15.2 Å². The monoisotopic (exact) mass is 485 g/mol. The highest BCUT2D eigenvalue weighted by Gasteiger charge is 2.28. The van der Waals surface area contributed by atoms with Crippen molar-refractivity contribution in [3.05, 3.63) is 94.3 Å². The normalized spacial score (nSPS) is 13.9. The Morgan fingerprint density at radius 1 is 1.06 bits per heavy atom. The standard InChI is InChI=1S/C28H27N3O3S/c1-19(26(32)30-17-7-9-21-8-3-6-12-25(21)30)35-28-29-24-11-5-4-10-23(24)27(33)31(28)18-20-13-15-22(34-2)16-14-20/h3-6,8,10-16,19H,7,9,17-18H2,1-2H3. The van der Waals surface area contributed by atoms with Crippen LogP contribution in [-0.4, -0.2) is 34.4 Å². The van der Waals surface area contributed by atoms with Gasteiger partial charge < -0.3 is 9.64 Å². The van der Waals surface area contributed by atoms with E-state index in [0.717, 1.165) is 29.8 Å². The summed E-state index contributed by atoms with van der Waals surface area (Å²) in [6.45, 7) is 2.95. The fourth-order valence-corrected chi connectivity index (χ4v) is 5.45. The first-order chi connectivity index (χ1) is 17.0. The second-order valence-corrected chi connectivity index (χ2v) is 9.94. The maximum atomic E-state index is 13.5. The number of amides is 1. The van der Waals surface area contributed by atoms with Gasteiger partial charge in [0.1, 0.15) is 5.75 Å². The van der Waals surface area contributed by atoms with E-state index in [2.05, 4.69) is 6.07 Å². The van der Waals surface area contributed by atoms with Crippen molar-refractivity contribution in [2.45, 2.75) is 36.7 Å². The molecule has 1 aliphatic heterocycles. The summed E-state index contributed by atoms with van der Waals surface area (Å²) < 4.78 is 6.93. The first kappa shape index (κ1) is 23.2. The Kier molecular flexibility index (Phi) is 6.59. The molecule has 0 saturated carbocycles. The van der Waals surface area contributed by atoms with Gasteiger partial charge in [0.2, 0.25) is 5.91 Å². The van der Waals surface area contributed by atoms with Crippen molar-refractivity contribution >= 4 is 34.3 Å². The molecule has 0 bridgehead atoms. The highest BCUT2D eigenvalue weighted by atomic mass is 32.2. The largest absolute Gasteiger partial charge is 0.497 e. The highest BCUT2D eigenvalue weighted by molar-refractivity contribution is 8.00. The van der Waals surface area contributed by atoms with Crippen LogP contribution in [0.15, 0.2) is 82.7 Å². The molecule has 1 aliphatic rings. The predicted octanol–water partition coefficient (Wildman–Crippen LogP) is 4.91. The number of methoxy groups -OCH3 is 1. The van der Waals surface area contributed by atoms with E-state index in [0.29, 0.717) is 29.1 Å².